The summed E-state index contributed by atoms with van der Waals surface area (Å²) >= 11 is 3.69. The van der Waals surface area contributed by atoms with Crippen molar-refractivity contribution in [2.75, 3.05) is 45.2 Å². The number of nitrogens with one attached hydrogen (secondary N) is 1. The average molecular weight is 342 g/mol. The molecule has 0 saturated carbocycles. The van der Waals surface area contributed by atoms with Crippen LogP contribution in [0.15, 0.2) is 22.7 Å². The first-order chi connectivity index (χ1) is 9.58. The standard InChI is InChI=1S/C16H28BrN3/c1-5-18-13-14-8-9-15(12-16(14)17)20(6-2)11-7-10-19(3)4/h8-9,12,18H,5-7,10-11,13H2,1-4H3. The first-order valence-corrected chi connectivity index (χ1v) is 8.26. The summed E-state index contributed by atoms with van der Waals surface area (Å²) in [4.78, 5) is 4.68. The summed E-state index contributed by atoms with van der Waals surface area (Å²) in [5.41, 5.74) is 2.62. The number of benzene rings is 1. The Kier molecular flexibility index (Phi) is 8.19. The summed E-state index contributed by atoms with van der Waals surface area (Å²) in [5.74, 6) is 0. The third kappa shape index (κ3) is 5.81. The summed E-state index contributed by atoms with van der Waals surface area (Å²) in [7, 11) is 4.25. The number of nitrogens with zero attached hydrogens (tertiary/aromatic N) is 2. The van der Waals surface area contributed by atoms with Gasteiger partial charge < -0.3 is 15.1 Å². The number of anilines is 1. The Labute approximate surface area is 132 Å². The van der Waals surface area contributed by atoms with Crippen molar-refractivity contribution in [1.29, 1.82) is 0 Å². The van der Waals surface area contributed by atoms with Crippen molar-refractivity contribution in [3.63, 3.8) is 0 Å². The van der Waals surface area contributed by atoms with Crippen molar-refractivity contribution in [2.45, 2.75) is 26.8 Å². The number of halogens is 1. The minimum Gasteiger partial charge on any atom is -0.372 e. The van der Waals surface area contributed by atoms with Crippen LogP contribution >= 0.6 is 15.9 Å². The van der Waals surface area contributed by atoms with Gasteiger partial charge in [0.1, 0.15) is 0 Å². The topological polar surface area (TPSA) is 18.5 Å². The van der Waals surface area contributed by atoms with Gasteiger partial charge in [-0.1, -0.05) is 28.9 Å². The molecule has 0 aliphatic heterocycles. The summed E-state index contributed by atoms with van der Waals surface area (Å²) in [6, 6.07) is 6.69. The molecule has 0 bridgehead atoms. The maximum atomic E-state index is 3.69. The van der Waals surface area contributed by atoms with Gasteiger partial charge in [0.25, 0.3) is 0 Å². The Bertz CT molecular complexity index is 393. The molecule has 3 nitrogen and oxygen atoms in total. The molecule has 0 atom stereocenters. The van der Waals surface area contributed by atoms with Crippen LogP contribution < -0.4 is 10.2 Å². The molecular weight excluding hydrogens is 314 g/mol. The van der Waals surface area contributed by atoms with E-state index in [4.69, 9.17) is 0 Å². The second kappa shape index (κ2) is 9.37. The van der Waals surface area contributed by atoms with Crippen LogP contribution in [0.5, 0.6) is 0 Å². The number of hydrogen-bond acceptors (Lipinski definition) is 3. The van der Waals surface area contributed by atoms with Gasteiger partial charge in [0, 0.05) is 29.8 Å². The lowest BCUT2D eigenvalue weighted by Gasteiger charge is -2.24. The van der Waals surface area contributed by atoms with Crippen molar-refractivity contribution in [3.05, 3.63) is 28.2 Å². The lowest BCUT2D eigenvalue weighted by atomic mass is 10.2. The van der Waals surface area contributed by atoms with Gasteiger partial charge in [-0.25, -0.2) is 0 Å². The minimum atomic E-state index is 0.921. The molecule has 0 spiro atoms. The summed E-state index contributed by atoms with van der Waals surface area (Å²) < 4.78 is 1.20. The molecule has 1 aromatic rings. The van der Waals surface area contributed by atoms with Crippen LogP contribution in [-0.4, -0.2) is 45.2 Å². The highest BCUT2D eigenvalue weighted by Crippen LogP contribution is 2.24. The van der Waals surface area contributed by atoms with Crippen molar-refractivity contribution in [2.24, 2.45) is 0 Å². The van der Waals surface area contributed by atoms with Gasteiger partial charge in [-0.2, -0.15) is 0 Å². The van der Waals surface area contributed by atoms with E-state index < -0.39 is 0 Å². The van der Waals surface area contributed by atoms with Gasteiger partial charge in [0.15, 0.2) is 0 Å². The lowest BCUT2D eigenvalue weighted by Crippen LogP contribution is -2.27. The van der Waals surface area contributed by atoms with E-state index in [1.54, 1.807) is 0 Å². The van der Waals surface area contributed by atoms with Gasteiger partial charge in [-0.05, 0) is 58.2 Å². The number of rotatable bonds is 9. The van der Waals surface area contributed by atoms with Crippen LogP contribution in [0.3, 0.4) is 0 Å². The molecule has 0 unspecified atom stereocenters. The summed E-state index contributed by atoms with van der Waals surface area (Å²) in [6.07, 6.45) is 1.19. The first-order valence-electron chi connectivity index (χ1n) is 7.47. The predicted molar refractivity (Wildman–Crippen MR) is 92.6 cm³/mol. The Morgan fingerprint density at radius 1 is 1.15 bits per heavy atom. The molecule has 114 valence electrons. The fourth-order valence-corrected chi connectivity index (χ4v) is 2.69. The normalized spacial score (nSPS) is 11.1. The van der Waals surface area contributed by atoms with Gasteiger partial charge >= 0.3 is 0 Å². The lowest BCUT2D eigenvalue weighted by molar-refractivity contribution is 0.400. The van der Waals surface area contributed by atoms with Crippen molar-refractivity contribution in [3.8, 4) is 0 Å². The summed E-state index contributed by atoms with van der Waals surface area (Å²) in [5, 5.41) is 3.37. The van der Waals surface area contributed by atoms with Crippen LogP contribution in [0, 0.1) is 0 Å². The highest BCUT2D eigenvalue weighted by molar-refractivity contribution is 9.10. The first kappa shape index (κ1) is 17.5. The van der Waals surface area contributed by atoms with Gasteiger partial charge in [-0.15, -0.1) is 0 Å². The fraction of sp³-hybridized carbons (Fsp3) is 0.625. The van der Waals surface area contributed by atoms with E-state index in [1.807, 2.05) is 0 Å². The highest BCUT2D eigenvalue weighted by Gasteiger charge is 2.07. The molecule has 20 heavy (non-hydrogen) atoms. The van der Waals surface area contributed by atoms with E-state index in [0.717, 1.165) is 32.7 Å². The van der Waals surface area contributed by atoms with E-state index in [2.05, 4.69) is 77.2 Å². The SMILES string of the molecule is CCNCc1ccc(N(CC)CCCN(C)C)cc1Br. The molecule has 0 aliphatic carbocycles. The van der Waals surface area contributed by atoms with Crippen molar-refractivity contribution in [1.82, 2.24) is 10.2 Å². The predicted octanol–water partition coefficient (Wildman–Crippen LogP) is 3.34. The largest absolute Gasteiger partial charge is 0.372 e. The molecule has 0 amide bonds. The molecule has 0 aliphatic rings. The van der Waals surface area contributed by atoms with Crippen LogP contribution in [0.4, 0.5) is 5.69 Å². The monoisotopic (exact) mass is 341 g/mol. The molecule has 1 aromatic carbocycles. The Balaban J connectivity index is 2.65. The van der Waals surface area contributed by atoms with E-state index in [-0.39, 0.29) is 0 Å². The second-order valence-corrected chi connectivity index (χ2v) is 6.15. The molecule has 0 saturated heterocycles. The van der Waals surface area contributed by atoms with Crippen molar-refractivity contribution < 1.29 is 0 Å². The quantitative estimate of drug-likeness (QED) is 0.743. The molecule has 4 heteroatoms. The third-order valence-corrected chi connectivity index (χ3v) is 4.12. The van der Waals surface area contributed by atoms with E-state index in [9.17, 15) is 0 Å². The second-order valence-electron chi connectivity index (χ2n) is 5.29. The van der Waals surface area contributed by atoms with Crippen LogP contribution in [-0.2, 0) is 6.54 Å². The van der Waals surface area contributed by atoms with Crippen LogP contribution in [0.2, 0.25) is 0 Å². The molecule has 1 rings (SSSR count). The Morgan fingerprint density at radius 2 is 1.90 bits per heavy atom. The zero-order valence-corrected chi connectivity index (χ0v) is 14.8. The average Bonchev–Trinajstić information content (AvgIpc) is 2.42. The molecule has 0 radical (unpaired) electrons. The van der Waals surface area contributed by atoms with Crippen molar-refractivity contribution >= 4 is 21.6 Å². The summed E-state index contributed by atoms with van der Waals surface area (Å²) in [6.45, 7) is 9.56. The molecular formula is C16H28BrN3. The van der Waals surface area contributed by atoms with Gasteiger partial charge in [0.2, 0.25) is 0 Å². The highest BCUT2D eigenvalue weighted by atomic mass is 79.9. The Morgan fingerprint density at radius 3 is 2.45 bits per heavy atom. The van der Waals surface area contributed by atoms with Gasteiger partial charge in [0.05, 0.1) is 0 Å². The minimum absolute atomic E-state index is 0.921. The number of hydrogen-bond donors (Lipinski definition) is 1. The van der Waals surface area contributed by atoms with Crippen LogP contribution in [0.25, 0.3) is 0 Å². The Hall–Kier alpha value is -0.580. The molecule has 0 aromatic heterocycles. The van der Waals surface area contributed by atoms with E-state index in [1.165, 1.54) is 22.1 Å². The third-order valence-electron chi connectivity index (χ3n) is 3.38. The fourth-order valence-electron chi connectivity index (χ4n) is 2.18. The van der Waals surface area contributed by atoms with E-state index in [0.29, 0.717) is 0 Å². The van der Waals surface area contributed by atoms with Gasteiger partial charge in [-0.3, -0.25) is 0 Å². The molecule has 1 N–H and O–H groups in total. The smallest absolute Gasteiger partial charge is 0.0377 e. The zero-order valence-electron chi connectivity index (χ0n) is 13.2. The maximum absolute atomic E-state index is 3.69. The maximum Gasteiger partial charge on any atom is 0.0377 e. The van der Waals surface area contributed by atoms with E-state index >= 15 is 0 Å². The zero-order chi connectivity index (χ0) is 15.0. The molecule has 0 fully saturated rings. The van der Waals surface area contributed by atoms with Crippen LogP contribution in [0.1, 0.15) is 25.8 Å². The molecule has 0 heterocycles.